The molecule has 0 saturated heterocycles. The molecule has 182 valence electrons. The molecule has 34 heavy (non-hydrogen) atoms. The zero-order valence-corrected chi connectivity index (χ0v) is 21.5. The van der Waals surface area contributed by atoms with Gasteiger partial charge in [0.25, 0.3) is 0 Å². The summed E-state index contributed by atoms with van der Waals surface area (Å²) in [6, 6.07) is 16.7. The maximum atomic E-state index is 12.6. The first kappa shape index (κ1) is 27.3. The number of ether oxygens (including phenoxy) is 2. The van der Waals surface area contributed by atoms with Crippen molar-refractivity contribution in [3.05, 3.63) is 66.2 Å². The van der Waals surface area contributed by atoms with Crippen molar-refractivity contribution >= 4 is 29.9 Å². The van der Waals surface area contributed by atoms with Crippen molar-refractivity contribution in [3.63, 3.8) is 0 Å². The Morgan fingerprint density at radius 3 is 2.12 bits per heavy atom. The monoisotopic (exact) mass is 578 g/mol. The van der Waals surface area contributed by atoms with E-state index in [4.69, 9.17) is 9.47 Å². The van der Waals surface area contributed by atoms with Crippen molar-refractivity contribution in [1.82, 2.24) is 0 Å². The highest BCUT2D eigenvalue weighted by molar-refractivity contribution is 14.0. The normalized spacial score (nSPS) is 10.4. The van der Waals surface area contributed by atoms with Gasteiger partial charge < -0.3 is 24.8 Å². The van der Waals surface area contributed by atoms with E-state index in [1.54, 1.807) is 12.1 Å². The Kier molecular flexibility index (Phi) is 11.0. The van der Waals surface area contributed by atoms with Crippen LogP contribution in [0.2, 0.25) is 0 Å². The van der Waals surface area contributed by atoms with Crippen molar-refractivity contribution < 1.29 is 29.6 Å². The zero-order valence-electron chi connectivity index (χ0n) is 19.2. The minimum Gasteiger partial charge on any atom is -0.504 e. The first-order valence-corrected chi connectivity index (χ1v) is 11.3. The molecule has 0 saturated carbocycles. The number of carbonyl (C=O) groups excluding carboxylic acids is 1. The van der Waals surface area contributed by atoms with Gasteiger partial charge in [0.15, 0.2) is 17.2 Å². The lowest BCUT2D eigenvalue weighted by Crippen LogP contribution is -2.09. The van der Waals surface area contributed by atoms with E-state index < -0.39 is 23.2 Å². The summed E-state index contributed by atoms with van der Waals surface area (Å²) in [5, 5.41) is 28.8. The minimum absolute atomic E-state index is 0. The Bertz CT molecular complexity index is 1040. The third-order valence-electron chi connectivity index (χ3n) is 5.33. The van der Waals surface area contributed by atoms with E-state index in [9.17, 15) is 20.1 Å². The number of unbranched alkanes of at least 4 members (excludes halogenated alkanes) is 5. The quantitative estimate of drug-likeness (QED) is 0.0743. The molecule has 0 fully saturated rings. The highest BCUT2D eigenvalue weighted by Crippen LogP contribution is 2.36. The van der Waals surface area contributed by atoms with Crippen LogP contribution in [-0.4, -0.2) is 27.9 Å². The molecule has 0 unspecified atom stereocenters. The van der Waals surface area contributed by atoms with E-state index in [0.29, 0.717) is 17.9 Å². The van der Waals surface area contributed by atoms with Gasteiger partial charge in [-0.05, 0) is 42.3 Å². The fraction of sp³-hybridized carbons (Fsp3) is 0.296. The average Bonchev–Trinajstić information content (AvgIpc) is 2.82. The summed E-state index contributed by atoms with van der Waals surface area (Å²) in [6.45, 7) is 2.90. The molecule has 0 aliphatic carbocycles. The fourth-order valence-electron chi connectivity index (χ4n) is 3.48. The number of halogens is 1. The largest absolute Gasteiger partial charge is 0.504 e. The van der Waals surface area contributed by atoms with Crippen molar-refractivity contribution in [3.8, 4) is 39.9 Å². The van der Waals surface area contributed by atoms with Gasteiger partial charge in [0.05, 0.1) is 12.2 Å². The summed E-state index contributed by atoms with van der Waals surface area (Å²) in [6.07, 6.45) is 7.27. The Labute approximate surface area is 217 Å². The van der Waals surface area contributed by atoms with Gasteiger partial charge in [0, 0.05) is 5.56 Å². The summed E-state index contributed by atoms with van der Waals surface area (Å²) >= 11 is 0. The van der Waals surface area contributed by atoms with E-state index in [-0.39, 0.29) is 29.5 Å². The minimum atomic E-state index is -0.771. The summed E-state index contributed by atoms with van der Waals surface area (Å²) in [5.41, 5.74) is 1.47. The van der Waals surface area contributed by atoms with Crippen LogP contribution in [0.3, 0.4) is 0 Å². The van der Waals surface area contributed by atoms with Gasteiger partial charge in [0.1, 0.15) is 11.5 Å². The van der Waals surface area contributed by atoms with E-state index in [1.165, 1.54) is 32.1 Å². The topological polar surface area (TPSA) is 96.2 Å². The highest BCUT2D eigenvalue weighted by Gasteiger charge is 2.17. The number of hydrogen-bond donors (Lipinski definition) is 3. The Balaban J connectivity index is 0.00000408. The number of rotatable bonds is 11. The van der Waals surface area contributed by atoms with Gasteiger partial charge in [-0.1, -0.05) is 69.4 Å². The second kappa shape index (κ2) is 13.7. The van der Waals surface area contributed by atoms with Crippen molar-refractivity contribution in [2.45, 2.75) is 45.4 Å². The van der Waals surface area contributed by atoms with Crippen LogP contribution in [0.25, 0.3) is 11.1 Å². The molecule has 3 aromatic carbocycles. The number of phenols is 3. The number of hydrogen-bond acceptors (Lipinski definition) is 6. The predicted octanol–water partition coefficient (Wildman–Crippen LogP) is 7.05. The van der Waals surface area contributed by atoms with Crippen LogP contribution in [-0.2, 0) is 0 Å². The molecular weight excluding hydrogens is 547 g/mol. The molecule has 3 rings (SSSR count). The second-order valence-electron chi connectivity index (χ2n) is 7.89. The lowest BCUT2D eigenvalue weighted by atomic mass is 10.0. The van der Waals surface area contributed by atoms with E-state index in [0.717, 1.165) is 29.9 Å². The van der Waals surface area contributed by atoms with Crippen LogP contribution in [0.5, 0.6) is 28.7 Å². The fourth-order valence-corrected chi connectivity index (χ4v) is 3.48. The standard InChI is InChI=1S/C27H30O6.HI/c1-2-3-4-5-6-9-16-32-21-14-12-19(13-15-21)22-10-7-8-11-25(22)33-27(31)20-17-23(28)26(30)24(29)18-20;/h7-8,10-15,17-18,28-30H,2-6,9,16H2,1H3;1H. The van der Waals surface area contributed by atoms with Gasteiger partial charge in [0.2, 0.25) is 0 Å². The molecule has 0 aromatic heterocycles. The van der Waals surface area contributed by atoms with Gasteiger partial charge in [-0.15, -0.1) is 24.0 Å². The maximum Gasteiger partial charge on any atom is 0.343 e. The number of carbonyl (C=O) groups is 1. The van der Waals surface area contributed by atoms with Crippen LogP contribution in [0.15, 0.2) is 60.7 Å². The third-order valence-corrected chi connectivity index (χ3v) is 5.33. The van der Waals surface area contributed by atoms with Crippen LogP contribution < -0.4 is 9.47 Å². The molecule has 0 spiro atoms. The molecule has 0 bridgehead atoms. The van der Waals surface area contributed by atoms with Crippen molar-refractivity contribution in [1.29, 1.82) is 0 Å². The van der Waals surface area contributed by atoms with Crippen LogP contribution in [0.1, 0.15) is 55.8 Å². The molecule has 0 atom stereocenters. The Morgan fingerprint density at radius 1 is 0.824 bits per heavy atom. The van der Waals surface area contributed by atoms with E-state index in [2.05, 4.69) is 6.92 Å². The van der Waals surface area contributed by atoms with Crippen LogP contribution in [0, 0.1) is 0 Å². The van der Waals surface area contributed by atoms with Crippen LogP contribution in [0.4, 0.5) is 0 Å². The molecule has 3 aromatic rings. The number of esters is 1. The van der Waals surface area contributed by atoms with E-state index >= 15 is 0 Å². The zero-order chi connectivity index (χ0) is 23.6. The number of para-hydroxylation sites is 1. The first-order chi connectivity index (χ1) is 16.0. The lowest BCUT2D eigenvalue weighted by molar-refractivity contribution is 0.0734. The molecule has 3 N–H and O–H groups in total. The van der Waals surface area contributed by atoms with Gasteiger partial charge in [-0.3, -0.25) is 0 Å². The summed E-state index contributed by atoms with van der Waals surface area (Å²) in [4.78, 5) is 12.6. The summed E-state index contributed by atoms with van der Waals surface area (Å²) in [5.74, 6) is -1.55. The molecule has 7 heteroatoms. The second-order valence-corrected chi connectivity index (χ2v) is 7.89. The van der Waals surface area contributed by atoms with Gasteiger partial charge >= 0.3 is 5.97 Å². The summed E-state index contributed by atoms with van der Waals surface area (Å²) < 4.78 is 11.3. The number of aromatic hydroxyl groups is 3. The maximum absolute atomic E-state index is 12.6. The molecule has 0 amide bonds. The van der Waals surface area contributed by atoms with Gasteiger partial charge in [-0.2, -0.15) is 0 Å². The Morgan fingerprint density at radius 2 is 1.44 bits per heavy atom. The molecule has 0 aliphatic heterocycles. The molecule has 0 aliphatic rings. The first-order valence-electron chi connectivity index (χ1n) is 11.3. The number of phenolic OH excluding ortho intramolecular Hbond substituents is 3. The number of benzene rings is 3. The third kappa shape index (κ3) is 7.55. The molecule has 0 heterocycles. The predicted molar refractivity (Wildman–Crippen MR) is 143 cm³/mol. The lowest BCUT2D eigenvalue weighted by Gasteiger charge is -2.12. The highest BCUT2D eigenvalue weighted by atomic mass is 127. The van der Waals surface area contributed by atoms with Gasteiger partial charge in [-0.25, -0.2) is 4.79 Å². The Hall–Kier alpha value is -2.94. The van der Waals surface area contributed by atoms with Crippen molar-refractivity contribution in [2.24, 2.45) is 0 Å². The molecule has 0 radical (unpaired) electrons. The smallest absolute Gasteiger partial charge is 0.343 e. The molecule has 6 nitrogen and oxygen atoms in total. The van der Waals surface area contributed by atoms with Crippen LogP contribution >= 0.6 is 24.0 Å². The average molecular weight is 578 g/mol. The van der Waals surface area contributed by atoms with E-state index in [1.807, 2.05) is 36.4 Å². The summed E-state index contributed by atoms with van der Waals surface area (Å²) in [7, 11) is 0. The SMILES string of the molecule is CCCCCCCCOc1ccc(-c2ccccc2OC(=O)c2cc(O)c(O)c(O)c2)cc1.I. The molecular formula is C27H31IO6. The van der Waals surface area contributed by atoms with Crippen molar-refractivity contribution in [2.75, 3.05) is 6.61 Å².